The molecule has 0 spiro atoms. The molecule has 0 amide bonds. The second-order valence-corrected chi connectivity index (χ2v) is 5.49. The minimum absolute atomic E-state index is 0.0781. The molecule has 0 atom stereocenters. The summed E-state index contributed by atoms with van der Waals surface area (Å²) in [6, 6.07) is 5.00. The summed E-state index contributed by atoms with van der Waals surface area (Å²) in [6.07, 6.45) is 4.30. The van der Waals surface area contributed by atoms with Crippen LogP contribution in [0.25, 0.3) is 11.1 Å². The van der Waals surface area contributed by atoms with Crippen molar-refractivity contribution < 1.29 is 8.78 Å². The molecule has 1 aliphatic rings. The summed E-state index contributed by atoms with van der Waals surface area (Å²) in [5, 5.41) is 9.31. The number of aryl methyl sites for hydroxylation is 1. The molecule has 1 aromatic carbocycles. The van der Waals surface area contributed by atoms with Crippen molar-refractivity contribution in [2.75, 3.05) is 0 Å². The van der Waals surface area contributed by atoms with Crippen LogP contribution in [0, 0.1) is 23.0 Å². The number of halogens is 2. The van der Waals surface area contributed by atoms with Gasteiger partial charge >= 0.3 is 0 Å². The predicted octanol–water partition coefficient (Wildman–Crippen LogP) is 3.46. The van der Waals surface area contributed by atoms with E-state index in [1.165, 1.54) is 12.1 Å². The van der Waals surface area contributed by atoms with Crippen LogP contribution >= 0.6 is 0 Å². The number of benzene rings is 1. The highest BCUT2D eigenvalue weighted by molar-refractivity contribution is 5.74. The zero-order valence-electron chi connectivity index (χ0n) is 11.9. The largest absolute Gasteiger partial charge is 0.325 e. The number of pyridine rings is 1. The first-order valence-corrected chi connectivity index (χ1v) is 7.24. The molecular formula is C17H14F2N2O. The van der Waals surface area contributed by atoms with Gasteiger partial charge in [0.2, 0.25) is 0 Å². The quantitative estimate of drug-likeness (QED) is 0.820. The standard InChI is InChI=1S/C17H14F2N2O/c18-11-6-10(7-12(19)8-11)16-13-4-2-1-3-5-15(13)21-17(22)14(16)9-20/h6-8H,1-5H2,(H,21,22). The Morgan fingerprint density at radius 2 is 1.73 bits per heavy atom. The van der Waals surface area contributed by atoms with Gasteiger partial charge in [0.25, 0.3) is 5.56 Å². The van der Waals surface area contributed by atoms with Crippen LogP contribution in [-0.2, 0) is 12.8 Å². The zero-order valence-corrected chi connectivity index (χ0v) is 11.9. The summed E-state index contributed by atoms with van der Waals surface area (Å²) < 4.78 is 27.1. The van der Waals surface area contributed by atoms with Crippen molar-refractivity contribution in [3.63, 3.8) is 0 Å². The van der Waals surface area contributed by atoms with Crippen LogP contribution in [0.3, 0.4) is 0 Å². The summed E-state index contributed by atoms with van der Waals surface area (Å²) in [4.78, 5) is 14.9. The van der Waals surface area contributed by atoms with Crippen LogP contribution in [0.15, 0.2) is 23.0 Å². The second kappa shape index (κ2) is 5.72. The van der Waals surface area contributed by atoms with Gasteiger partial charge in [-0.3, -0.25) is 4.79 Å². The Hall–Kier alpha value is -2.48. The maximum Gasteiger partial charge on any atom is 0.266 e. The van der Waals surface area contributed by atoms with Gasteiger partial charge in [-0.15, -0.1) is 0 Å². The van der Waals surface area contributed by atoms with Crippen molar-refractivity contribution in [2.24, 2.45) is 0 Å². The van der Waals surface area contributed by atoms with Crippen LogP contribution in [0.5, 0.6) is 0 Å². The number of nitrogens with one attached hydrogen (secondary N) is 1. The Bertz CT molecular complexity index is 814. The van der Waals surface area contributed by atoms with Gasteiger partial charge in [-0.1, -0.05) is 6.42 Å². The average Bonchev–Trinajstić information content (AvgIpc) is 2.69. The molecule has 3 nitrogen and oxygen atoms in total. The van der Waals surface area contributed by atoms with E-state index in [1.807, 2.05) is 6.07 Å². The lowest BCUT2D eigenvalue weighted by atomic mass is 9.92. The first kappa shape index (κ1) is 14.5. The Morgan fingerprint density at radius 3 is 2.41 bits per heavy atom. The van der Waals surface area contributed by atoms with Gasteiger partial charge in [0.15, 0.2) is 0 Å². The minimum atomic E-state index is -0.721. The third-order valence-corrected chi connectivity index (χ3v) is 4.02. The molecule has 0 radical (unpaired) electrons. The summed E-state index contributed by atoms with van der Waals surface area (Å²) in [7, 11) is 0. The smallest absolute Gasteiger partial charge is 0.266 e. The third-order valence-electron chi connectivity index (χ3n) is 4.02. The fraction of sp³-hybridized carbons (Fsp3) is 0.294. The second-order valence-electron chi connectivity index (χ2n) is 5.49. The van der Waals surface area contributed by atoms with Crippen LogP contribution in [0.4, 0.5) is 8.78 Å². The minimum Gasteiger partial charge on any atom is -0.325 e. The van der Waals surface area contributed by atoms with Crippen LogP contribution in [0.2, 0.25) is 0 Å². The number of aromatic nitrogens is 1. The summed E-state index contributed by atoms with van der Waals surface area (Å²) in [5.41, 5.74) is 1.66. The van der Waals surface area contributed by atoms with Crippen LogP contribution in [0.1, 0.15) is 36.1 Å². The molecule has 22 heavy (non-hydrogen) atoms. The highest BCUT2D eigenvalue weighted by Gasteiger charge is 2.21. The van der Waals surface area contributed by atoms with Crippen LogP contribution < -0.4 is 5.56 Å². The van der Waals surface area contributed by atoms with Crippen molar-refractivity contribution >= 4 is 0 Å². The van der Waals surface area contributed by atoms with Crippen molar-refractivity contribution in [3.8, 4) is 17.2 Å². The van der Waals surface area contributed by atoms with E-state index in [0.717, 1.165) is 36.6 Å². The topological polar surface area (TPSA) is 56.6 Å². The fourth-order valence-corrected chi connectivity index (χ4v) is 3.08. The van der Waals surface area contributed by atoms with E-state index in [0.29, 0.717) is 18.4 Å². The highest BCUT2D eigenvalue weighted by Crippen LogP contribution is 2.32. The molecule has 0 saturated heterocycles. The lowest BCUT2D eigenvalue weighted by Gasteiger charge is -2.14. The van der Waals surface area contributed by atoms with E-state index in [1.54, 1.807) is 0 Å². The molecule has 1 aromatic heterocycles. The molecule has 0 bridgehead atoms. The molecule has 1 N–H and O–H groups in total. The maximum absolute atomic E-state index is 13.6. The molecule has 1 heterocycles. The number of nitrogens with zero attached hydrogens (tertiary/aromatic N) is 1. The molecule has 5 heteroatoms. The first-order chi connectivity index (χ1) is 10.6. The molecule has 0 saturated carbocycles. The lowest BCUT2D eigenvalue weighted by Crippen LogP contribution is -2.17. The highest BCUT2D eigenvalue weighted by atomic mass is 19.1. The summed E-state index contributed by atoms with van der Waals surface area (Å²) >= 11 is 0. The van der Waals surface area contributed by atoms with E-state index in [2.05, 4.69) is 4.98 Å². The van der Waals surface area contributed by atoms with E-state index >= 15 is 0 Å². The SMILES string of the molecule is N#Cc1c(-c2cc(F)cc(F)c2)c2c([nH]c1=O)CCCCC2. The molecular weight excluding hydrogens is 286 g/mol. The van der Waals surface area contributed by atoms with Crippen molar-refractivity contribution in [1.82, 2.24) is 4.98 Å². The predicted molar refractivity (Wildman–Crippen MR) is 78.4 cm³/mol. The number of rotatable bonds is 1. The van der Waals surface area contributed by atoms with Gasteiger partial charge in [-0.25, -0.2) is 8.78 Å². The number of hydrogen-bond acceptors (Lipinski definition) is 2. The maximum atomic E-state index is 13.6. The van der Waals surface area contributed by atoms with Crippen molar-refractivity contribution in [2.45, 2.75) is 32.1 Å². The van der Waals surface area contributed by atoms with Crippen LogP contribution in [-0.4, -0.2) is 4.98 Å². The fourth-order valence-electron chi connectivity index (χ4n) is 3.08. The molecule has 112 valence electrons. The average molecular weight is 300 g/mol. The van der Waals surface area contributed by atoms with Crippen molar-refractivity contribution in [1.29, 1.82) is 5.26 Å². The number of nitriles is 1. The Balaban J connectivity index is 2.35. The lowest BCUT2D eigenvalue weighted by molar-refractivity contribution is 0.584. The molecule has 0 aliphatic heterocycles. The molecule has 0 unspecified atom stereocenters. The third kappa shape index (κ3) is 2.52. The Labute approximate surface area is 126 Å². The van der Waals surface area contributed by atoms with E-state index in [4.69, 9.17) is 0 Å². The monoisotopic (exact) mass is 300 g/mol. The first-order valence-electron chi connectivity index (χ1n) is 7.24. The van der Waals surface area contributed by atoms with Gasteiger partial charge in [-0.2, -0.15) is 5.26 Å². The molecule has 3 rings (SSSR count). The van der Waals surface area contributed by atoms with Gasteiger partial charge in [0.1, 0.15) is 23.3 Å². The van der Waals surface area contributed by atoms with Crippen molar-refractivity contribution in [3.05, 3.63) is 57.0 Å². The van der Waals surface area contributed by atoms with E-state index in [9.17, 15) is 18.8 Å². The number of H-pyrrole nitrogens is 1. The molecule has 1 aliphatic carbocycles. The number of hydrogen-bond donors (Lipinski definition) is 1. The van der Waals surface area contributed by atoms with E-state index < -0.39 is 17.2 Å². The zero-order chi connectivity index (χ0) is 15.7. The number of fused-ring (bicyclic) bond motifs is 1. The normalized spacial score (nSPS) is 14.0. The number of aromatic amines is 1. The van der Waals surface area contributed by atoms with Gasteiger partial charge in [0, 0.05) is 17.3 Å². The van der Waals surface area contributed by atoms with Gasteiger partial charge in [-0.05, 0) is 48.9 Å². The van der Waals surface area contributed by atoms with Gasteiger partial charge in [0.05, 0.1) is 0 Å². The molecule has 2 aromatic rings. The molecule has 0 fully saturated rings. The van der Waals surface area contributed by atoms with E-state index in [-0.39, 0.29) is 11.1 Å². The van der Waals surface area contributed by atoms with Gasteiger partial charge < -0.3 is 4.98 Å². The Morgan fingerprint density at radius 1 is 1.05 bits per heavy atom. The Kier molecular flexibility index (Phi) is 3.76. The summed E-state index contributed by atoms with van der Waals surface area (Å²) in [6.45, 7) is 0. The summed E-state index contributed by atoms with van der Waals surface area (Å²) in [5.74, 6) is -1.44.